The number of hydrogen-bond acceptors (Lipinski definition) is 4. The van der Waals surface area contributed by atoms with Gasteiger partial charge >= 0.3 is 0 Å². The van der Waals surface area contributed by atoms with Crippen molar-refractivity contribution in [1.29, 1.82) is 0 Å². The van der Waals surface area contributed by atoms with Crippen molar-refractivity contribution in [3.05, 3.63) is 53.4 Å². The molecule has 1 aliphatic heterocycles. The maximum atomic E-state index is 12.3. The van der Waals surface area contributed by atoms with E-state index >= 15 is 0 Å². The third-order valence-electron chi connectivity index (χ3n) is 4.48. The summed E-state index contributed by atoms with van der Waals surface area (Å²) in [5, 5.41) is 6.85. The van der Waals surface area contributed by atoms with Gasteiger partial charge in [0.15, 0.2) is 5.96 Å². The molecule has 1 aliphatic rings. The highest BCUT2D eigenvalue weighted by atomic mass is 127. The van der Waals surface area contributed by atoms with E-state index in [-0.39, 0.29) is 24.0 Å². The summed E-state index contributed by atoms with van der Waals surface area (Å²) in [6.07, 6.45) is 0. The van der Waals surface area contributed by atoms with Gasteiger partial charge in [-0.15, -0.1) is 35.3 Å². The second-order valence-electron chi connectivity index (χ2n) is 6.43. The van der Waals surface area contributed by atoms with Gasteiger partial charge < -0.3 is 15.1 Å². The minimum Gasteiger partial charge on any atom is -0.360 e. The molecule has 1 saturated heterocycles. The molecule has 1 aromatic carbocycles. The number of nitrogens with zero attached hydrogens (tertiary/aromatic N) is 3. The van der Waals surface area contributed by atoms with E-state index in [1.54, 1.807) is 11.3 Å². The largest absolute Gasteiger partial charge is 0.360 e. The number of guanidine groups is 1. The maximum absolute atomic E-state index is 12.3. The number of aliphatic imine (C=N–C) groups is 1. The summed E-state index contributed by atoms with van der Waals surface area (Å²) >= 11 is 1.79. The van der Waals surface area contributed by atoms with Gasteiger partial charge in [0, 0.05) is 55.0 Å². The van der Waals surface area contributed by atoms with Crippen LogP contribution in [0.4, 0.5) is 5.00 Å². The van der Waals surface area contributed by atoms with E-state index in [1.807, 2.05) is 30.3 Å². The Morgan fingerprint density at radius 2 is 1.89 bits per heavy atom. The Hall–Kier alpha value is -1.13. The molecule has 1 atom stereocenters. The van der Waals surface area contributed by atoms with Crippen molar-refractivity contribution in [3.8, 4) is 0 Å². The average molecular weight is 533 g/mol. The first-order valence-corrected chi connectivity index (χ1v) is 11.8. The Balaban J connectivity index is 0.00000280. The van der Waals surface area contributed by atoms with Crippen LogP contribution in [0.5, 0.6) is 0 Å². The SMILES string of the molecule is CCNC(=NCCS(=O)Cc1ccccc1)N1CCN(c2cccs2)CC1.I. The highest BCUT2D eigenvalue weighted by Crippen LogP contribution is 2.22. The van der Waals surface area contributed by atoms with Crippen molar-refractivity contribution >= 4 is 57.1 Å². The Morgan fingerprint density at radius 3 is 2.54 bits per heavy atom. The number of hydrogen-bond donors (Lipinski definition) is 1. The molecule has 2 heterocycles. The smallest absolute Gasteiger partial charge is 0.194 e. The van der Waals surface area contributed by atoms with Crippen molar-refractivity contribution in [2.75, 3.05) is 49.9 Å². The first-order chi connectivity index (χ1) is 13.3. The number of anilines is 1. The Labute approximate surface area is 191 Å². The van der Waals surface area contributed by atoms with Gasteiger partial charge in [0.2, 0.25) is 0 Å². The van der Waals surface area contributed by atoms with Crippen LogP contribution in [-0.4, -0.2) is 60.1 Å². The predicted octanol–water partition coefficient (Wildman–Crippen LogP) is 3.40. The maximum Gasteiger partial charge on any atom is 0.194 e. The van der Waals surface area contributed by atoms with Crippen LogP contribution in [0.2, 0.25) is 0 Å². The van der Waals surface area contributed by atoms with Gasteiger partial charge in [-0.25, -0.2) is 0 Å². The van der Waals surface area contributed by atoms with Gasteiger partial charge in [-0.3, -0.25) is 9.20 Å². The van der Waals surface area contributed by atoms with Crippen LogP contribution in [0.15, 0.2) is 52.8 Å². The van der Waals surface area contributed by atoms with Crippen LogP contribution >= 0.6 is 35.3 Å². The number of thiophene rings is 1. The summed E-state index contributed by atoms with van der Waals surface area (Å²) in [5.41, 5.74) is 1.12. The molecule has 0 spiro atoms. The highest BCUT2D eigenvalue weighted by Gasteiger charge is 2.20. The van der Waals surface area contributed by atoms with E-state index in [1.165, 1.54) is 5.00 Å². The van der Waals surface area contributed by atoms with Crippen LogP contribution in [0.1, 0.15) is 12.5 Å². The second kappa shape index (κ2) is 12.4. The Kier molecular flexibility index (Phi) is 10.3. The summed E-state index contributed by atoms with van der Waals surface area (Å²) in [6, 6.07) is 14.3. The topological polar surface area (TPSA) is 47.9 Å². The number of nitrogens with one attached hydrogen (secondary N) is 1. The van der Waals surface area contributed by atoms with Crippen LogP contribution < -0.4 is 10.2 Å². The molecule has 1 aromatic heterocycles. The lowest BCUT2D eigenvalue weighted by molar-refractivity contribution is 0.374. The molecule has 5 nitrogen and oxygen atoms in total. The molecule has 3 rings (SSSR count). The van der Waals surface area contributed by atoms with Gasteiger partial charge in [-0.1, -0.05) is 30.3 Å². The lowest BCUT2D eigenvalue weighted by atomic mass is 10.2. The zero-order chi connectivity index (χ0) is 18.9. The molecule has 8 heteroatoms. The third-order valence-corrected chi connectivity index (χ3v) is 6.71. The fourth-order valence-electron chi connectivity index (χ4n) is 3.10. The van der Waals surface area contributed by atoms with Crippen LogP contribution in [-0.2, 0) is 16.6 Å². The van der Waals surface area contributed by atoms with Gasteiger partial charge in [0.25, 0.3) is 0 Å². The van der Waals surface area contributed by atoms with Crippen molar-refractivity contribution in [2.45, 2.75) is 12.7 Å². The molecule has 1 unspecified atom stereocenters. The molecule has 0 aliphatic carbocycles. The van der Waals surface area contributed by atoms with Crippen molar-refractivity contribution < 1.29 is 4.21 Å². The first-order valence-electron chi connectivity index (χ1n) is 9.47. The summed E-state index contributed by atoms with van der Waals surface area (Å²) in [4.78, 5) is 9.47. The fraction of sp³-hybridized carbons (Fsp3) is 0.450. The Morgan fingerprint density at radius 1 is 1.14 bits per heavy atom. The summed E-state index contributed by atoms with van der Waals surface area (Å²) in [6.45, 7) is 7.44. The molecule has 1 fully saturated rings. The third kappa shape index (κ3) is 7.04. The van der Waals surface area contributed by atoms with Crippen LogP contribution in [0.25, 0.3) is 0 Å². The molecule has 2 aromatic rings. The Bertz CT molecular complexity index is 732. The molecule has 0 saturated carbocycles. The van der Waals surface area contributed by atoms with Gasteiger partial charge in [-0.2, -0.15) is 0 Å². The molecule has 0 bridgehead atoms. The van der Waals surface area contributed by atoms with Crippen LogP contribution in [0.3, 0.4) is 0 Å². The van der Waals surface area contributed by atoms with Crippen molar-refractivity contribution in [3.63, 3.8) is 0 Å². The minimum atomic E-state index is -0.883. The summed E-state index contributed by atoms with van der Waals surface area (Å²) in [5.74, 6) is 2.14. The molecular formula is C20H29IN4OS2. The lowest BCUT2D eigenvalue weighted by Gasteiger charge is -2.37. The zero-order valence-electron chi connectivity index (χ0n) is 16.3. The van der Waals surface area contributed by atoms with Crippen LogP contribution in [0, 0.1) is 0 Å². The zero-order valence-corrected chi connectivity index (χ0v) is 20.2. The van der Waals surface area contributed by atoms with E-state index in [0.717, 1.165) is 44.2 Å². The average Bonchev–Trinajstić information content (AvgIpc) is 3.23. The molecule has 1 N–H and O–H groups in total. The monoisotopic (exact) mass is 532 g/mol. The lowest BCUT2D eigenvalue weighted by Crippen LogP contribution is -2.52. The molecular weight excluding hydrogens is 503 g/mol. The van der Waals surface area contributed by atoms with E-state index in [9.17, 15) is 4.21 Å². The first kappa shape index (κ1) is 23.2. The van der Waals surface area contributed by atoms with Crippen molar-refractivity contribution in [2.24, 2.45) is 4.99 Å². The predicted molar refractivity (Wildman–Crippen MR) is 133 cm³/mol. The summed E-state index contributed by atoms with van der Waals surface area (Å²) < 4.78 is 12.3. The van der Waals surface area contributed by atoms with E-state index in [0.29, 0.717) is 18.1 Å². The number of halogens is 1. The normalized spacial score (nSPS) is 15.8. The van der Waals surface area contributed by atoms with E-state index in [4.69, 9.17) is 4.99 Å². The van der Waals surface area contributed by atoms with Crippen molar-refractivity contribution in [1.82, 2.24) is 10.2 Å². The highest BCUT2D eigenvalue weighted by molar-refractivity contribution is 14.0. The standard InChI is InChI=1S/C20H28N4OS2.HI/c1-2-21-20(22-10-16-27(25)17-18-7-4-3-5-8-18)24-13-11-23(12-14-24)19-9-6-15-26-19;/h3-9,15H,2,10-14,16-17H2,1H3,(H,21,22);1H. The molecule has 28 heavy (non-hydrogen) atoms. The quantitative estimate of drug-likeness (QED) is 0.338. The van der Waals surface area contributed by atoms with Gasteiger partial charge in [-0.05, 0) is 30.0 Å². The van der Waals surface area contributed by atoms with Gasteiger partial charge in [0.1, 0.15) is 0 Å². The number of benzene rings is 1. The number of piperazine rings is 1. The number of rotatable bonds is 7. The summed E-state index contributed by atoms with van der Waals surface area (Å²) in [7, 11) is -0.883. The fourth-order valence-corrected chi connectivity index (χ4v) is 4.89. The second-order valence-corrected chi connectivity index (χ2v) is 8.94. The van der Waals surface area contributed by atoms with E-state index < -0.39 is 10.8 Å². The molecule has 0 amide bonds. The van der Waals surface area contributed by atoms with E-state index in [2.05, 4.69) is 39.6 Å². The van der Waals surface area contributed by atoms with Gasteiger partial charge in [0.05, 0.1) is 11.5 Å². The minimum absolute atomic E-state index is 0. The molecule has 154 valence electrons. The molecule has 0 radical (unpaired) electrons.